The van der Waals surface area contributed by atoms with E-state index in [2.05, 4.69) is 5.32 Å². The van der Waals surface area contributed by atoms with Crippen molar-refractivity contribution in [3.63, 3.8) is 0 Å². The third kappa shape index (κ3) is 3.25. The molecular weight excluding hydrogens is 261 g/mol. The minimum absolute atomic E-state index is 0.0729. The quantitative estimate of drug-likeness (QED) is 0.826. The van der Waals surface area contributed by atoms with Gasteiger partial charge in [0.25, 0.3) is 0 Å². The molecule has 17 heavy (non-hydrogen) atoms. The van der Waals surface area contributed by atoms with Crippen molar-refractivity contribution in [1.29, 1.82) is 0 Å². The van der Waals surface area contributed by atoms with Gasteiger partial charge in [0.15, 0.2) is 0 Å². The lowest BCUT2D eigenvalue weighted by Gasteiger charge is -2.16. The van der Waals surface area contributed by atoms with Crippen LogP contribution >= 0.6 is 23.2 Å². The summed E-state index contributed by atoms with van der Waals surface area (Å²) in [4.78, 5) is 13.5. The Hall–Kier alpha value is -0.970. The number of carbonyl (C=O) groups is 1. The van der Waals surface area contributed by atoms with Gasteiger partial charge in [0.05, 0.1) is 0 Å². The van der Waals surface area contributed by atoms with Gasteiger partial charge in [-0.2, -0.15) is 0 Å². The molecule has 1 saturated heterocycles. The normalized spacial score (nSPS) is 19.5. The summed E-state index contributed by atoms with van der Waals surface area (Å²) < 4.78 is 0. The molecule has 0 bridgehead atoms. The Morgan fingerprint density at radius 2 is 2.00 bits per heavy atom. The van der Waals surface area contributed by atoms with Crippen LogP contribution in [0.5, 0.6) is 0 Å². The van der Waals surface area contributed by atoms with Crippen molar-refractivity contribution in [1.82, 2.24) is 4.90 Å². The molecule has 0 radical (unpaired) electrons. The summed E-state index contributed by atoms with van der Waals surface area (Å²) in [5.41, 5.74) is 6.33. The SMILES string of the molecule is N[C@H]1CCN(C(=O)Nc2cc(Cl)cc(Cl)c2)C1. The summed E-state index contributed by atoms with van der Waals surface area (Å²) >= 11 is 11.7. The Morgan fingerprint density at radius 3 is 2.53 bits per heavy atom. The lowest BCUT2D eigenvalue weighted by molar-refractivity contribution is 0.222. The smallest absolute Gasteiger partial charge is 0.321 e. The highest BCUT2D eigenvalue weighted by atomic mass is 35.5. The number of nitrogens with zero attached hydrogens (tertiary/aromatic N) is 1. The van der Waals surface area contributed by atoms with Crippen LogP contribution in [0, 0.1) is 0 Å². The summed E-state index contributed by atoms with van der Waals surface area (Å²) in [5, 5.41) is 3.73. The van der Waals surface area contributed by atoms with Gasteiger partial charge in [-0.25, -0.2) is 4.79 Å². The van der Waals surface area contributed by atoms with Crippen molar-refractivity contribution < 1.29 is 4.79 Å². The van der Waals surface area contributed by atoms with Gasteiger partial charge in [0, 0.05) is 34.9 Å². The summed E-state index contributed by atoms with van der Waals surface area (Å²) in [6, 6.07) is 4.83. The van der Waals surface area contributed by atoms with E-state index in [1.807, 2.05) is 0 Å². The lowest BCUT2D eigenvalue weighted by atomic mass is 10.3. The van der Waals surface area contributed by atoms with Gasteiger partial charge in [-0.15, -0.1) is 0 Å². The van der Waals surface area contributed by atoms with Crippen molar-refractivity contribution in [2.75, 3.05) is 18.4 Å². The number of likely N-dealkylation sites (tertiary alicyclic amines) is 1. The average molecular weight is 274 g/mol. The summed E-state index contributed by atoms with van der Waals surface area (Å²) in [7, 11) is 0. The average Bonchev–Trinajstić information content (AvgIpc) is 2.63. The Labute approximate surface area is 110 Å². The minimum atomic E-state index is -0.170. The number of urea groups is 1. The molecule has 2 amide bonds. The molecule has 1 aromatic rings. The molecule has 0 aliphatic carbocycles. The molecule has 6 heteroatoms. The second-order valence-electron chi connectivity index (χ2n) is 4.08. The van der Waals surface area contributed by atoms with Crippen LogP contribution in [-0.4, -0.2) is 30.1 Å². The van der Waals surface area contributed by atoms with Crippen molar-refractivity contribution in [2.45, 2.75) is 12.5 Å². The van der Waals surface area contributed by atoms with Crippen molar-refractivity contribution >= 4 is 34.9 Å². The van der Waals surface area contributed by atoms with E-state index in [1.165, 1.54) is 0 Å². The first-order valence-electron chi connectivity index (χ1n) is 5.32. The maximum Gasteiger partial charge on any atom is 0.321 e. The number of amides is 2. The largest absolute Gasteiger partial charge is 0.326 e. The van der Waals surface area contributed by atoms with E-state index in [-0.39, 0.29) is 12.1 Å². The molecule has 0 aromatic heterocycles. The Bertz CT molecular complexity index is 418. The van der Waals surface area contributed by atoms with Crippen LogP contribution < -0.4 is 11.1 Å². The Morgan fingerprint density at radius 1 is 1.35 bits per heavy atom. The second kappa shape index (κ2) is 5.12. The zero-order chi connectivity index (χ0) is 12.4. The number of nitrogens with one attached hydrogen (secondary N) is 1. The number of anilines is 1. The van der Waals surface area contributed by atoms with E-state index in [1.54, 1.807) is 23.1 Å². The van der Waals surface area contributed by atoms with Gasteiger partial charge >= 0.3 is 6.03 Å². The highest BCUT2D eigenvalue weighted by molar-refractivity contribution is 6.35. The van der Waals surface area contributed by atoms with Gasteiger partial charge in [-0.3, -0.25) is 0 Å². The third-order valence-electron chi connectivity index (χ3n) is 2.63. The number of hydrogen-bond acceptors (Lipinski definition) is 2. The van der Waals surface area contributed by atoms with Crippen molar-refractivity contribution in [3.05, 3.63) is 28.2 Å². The number of nitrogens with two attached hydrogens (primary N) is 1. The second-order valence-corrected chi connectivity index (χ2v) is 4.96. The highest BCUT2D eigenvalue weighted by Crippen LogP contribution is 2.23. The summed E-state index contributed by atoms with van der Waals surface area (Å²) in [5.74, 6) is 0. The molecule has 2 rings (SSSR count). The Kier molecular flexibility index (Phi) is 3.76. The van der Waals surface area contributed by atoms with Crippen molar-refractivity contribution in [2.24, 2.45) is 5.73 Å². The first-order chi connectivity index (χ1) is 8.04. The van der Waals surface area contributed by atoms with Crippen LogP contribution in [0.2, 0.25) is 10.0 Å². The number of benzene rings is 1. The van der Waals surface area contributed by atoms with E-state index in [0.29, 0.717) is 28.8 Å². The molecule has 0 saturated carbocycles. The van der Waals surface area contributed by atoms with Gasteiger partial charge in [0.2, 0.25) is 0 Å². The molecule has 1 heterocycles. The topological polar surface area (TPSA) is 58.4 Å². The zero-order valence-corrected chi connectivity index (χ0v) is 10.6. The summed E-state index contributed by atoms with van der Waals surface area (Å²) in [6.45, 7) is 1.27. The Balaban J connectivity index is 2.03. The molecule has 1 aliphatic rings. The molecule has 3 N–H and O–H groups in total. The number of carbonyl (C=O) groups excluding carboxylic acids is 1. The van der Waals surface area contributed by atoms with E-state index in [0.717, 1.165) is 6.42 Å². The van der Waals surface area contributed by atoms with Gasteiger partial charge in [-0.05, 0) is 24.6 Å². The van der Waals surface area contributed by atoms with Crippen LogP contribution in [0.25, 0.3) is 0 Å². The van der Waals surface area contributed by atoms with E-state index < -0.39 is 0 Å². The number of hydrogen-bond donors (Lipinski definition) is 2. The van der Waals surface area contributed by atoms with Crippen LogP contribution in [0.1, 0.15) is 6.42 Å². The molecule has 1 aromatic carbocycles. The number of halogens is 2. The highest BCUT2D eigenvalue weighted by Gasteiger charge is 2.23. The van der Waals surface area contributed by atoms with E-state index in [4.69, 9.17) is 28.9 Å². The fraction of sp³-hybridized carbons (Fsp3) is 0.364. The zero-order valence-electron chi connectivity index (χ0n) is 9.12. The molecule has 1 fully saturated rings. The maximum atomic E-state index is 11.9. The lowest BCUT2D eigenvalue weighted by Crippen LogP contribution is -2.35. The fourth-order valence-electron chi connectivity index (χ4n) is 1.80. The van der Waals surface area contributed by atoms with Crippen LogP contribution in [-0.2, 0) is 0 Å². The van der Waals surface area contributed by atoms with Gasteiger partial charge in [-0.1, -0.05) is 23.2 Å². The molecule has 92 valence electrons. The molecule has 1 aliphatic heterocycles. The minimum Gasteiger partial charge on any atom is -0.326 e. The molecule has 4 nitrogen and oxygen atoms in total. The van der Waals surface area contributed by atoms with Gasteiger partial charge < -0.3 is 16.0 Å². The van der Waals surface area contributed by atoms with E-state index in [9.17, 15) is 4.79 Å². The fourth-order valence-corrected chi connectivity index (χ4v) is 2.33. The monoisotopic (exact) mass is 273 g/mol. The third-order valence-corrected chi connectivity index (χ3v) is 3.06. The maximum absolute atomic E-state index is 11.9. The predicted octanol–water partition coefficient (Wildman–Crippen LogP) is 2.56. The summed E-state index contributed by atoms with van der Waals surface area (Å²) in [6.07, 6.45) is 0.837. The molecular formula is C11H13Cl2N3O. The first kappa shape index (κ1) is 12.5. The molecule has 1 atom stereocenters. The van der Waals surface area contributed by atoms with Crippen LogP contribution in [0.3, 0.4) is 0 Å². The van der Waals surface area contributed by atoms with E-state index >= 15 is 0 Å². The molecule has 0 spiro atoms. The van der Waals surface area contributed by atoms with Crippen LogP contribution in [0.4, 0.5) is 10.5 Å². The standard InChI is InChI=1S/C11H13Cl2N3O/c12-7-3-8(13)5-10(4-7)15-11(17)16-2-1-9(14)6-16/h3-5,9H,1-2,6,14H2,(H,15,17)/t9-/m0/s1. The number of rotatable bonds is 1. The van der Waals surface area contributed by atoms with Crippen LogP contribution in [0.15, 0.2) is 18.2 Å². The van der Waals surface area contributed by atoms with Crippen molar-refractivity contribution in [3.8, 4) is 0 Å². The van der Waals surface area contributed by atoms with Gasteiger partial charge in [0.1, 0.15) is 0 Å². The predicted molar refractivity (Wildman–Crippen MR) is 69.6 cm³/mol. The first-order valence-corrected chi connectivity index (χ1v) is 6.08. The molecule has 0 unspecified atom stereocenters.